The molecule has 0 aliphatic heterocycles. The molecule has 0 N–H and O–H groups in total. The van der Waals surface area contributed by atoms with Crippen molar-refractivity contribution in [3.63, 3.8) is 0 Å². The van der Waals surface area contributed by atoms with E-state index in [1.54, 1.807) is 0 Å². The molecule has 0 unspecified atom stereocenters. The van der Waals surface area contributed by atoms with Crippen LogP contribution < -0.4 is 9.47 Å². The Labute approximate surface area is 136 Å². The van der Waals surface area contributed by atoms with Gasteiger partial charge in [0.05, 0.1) is 68.6 Å². The van der Waals surface area contributed by atoms with Crippen LogP contribution in [0.1, 0.15) is 12.8 Å². The molecule has 0 fully saturated rings. The van der Waals surface area contributed by atoms with Crippen molar-refractivity contribution in [2.45, 2.75) is 12.8 Å². The highest BCUT2D eigenvalue weighted by Crippen LogP contribution is 2.19. The molecule has 4 nitrogen and oxygen atoms in total. The summed E-state index contributed by atoms with van der Waals surface area (Å²) in [7, 11) is 13.2. The topological polar surface area (TPSA) is 18.5 Å². The van der Waals surface area contributed by atoms with Gasteiger partial charge in [0.15, 0.2) is 0 Å². The van der Waals surface area contributed by atoms with Gasteiger partial charge in [-0.3, -0.25) is 0 Å². The molecule has 0 bridgehead atoms. The minimum atomic E-state index is 0.750. The zero-order valence-electron chi connectivity index (χ0n) is 15.3. The first-order valence-electron chi connectivity index (χ1n) is 8.12. The van der Waals surface area contributed by atoms with Gasteiger partial charge in [0.1, 0.15) is 11.5 Å². The molecule has 1 aromatic carbocycles. The Morgan fingerprint density at radius 2 is 1.14 bits per heavy atom. The van der Waals surface area contributed by atoms with E-state index in [4.69, 9.17) is 9.47 Å². The van der Waals surface area contributed by atoms with E-state index in [9.17, 15) is 0 Å². The van der Waals surface area contributed by atoms with Crippen LogP contribution in [-0.2, 0) is 0 Å². The van der Waals surface area contributed by atoms with Crippen LogP contribution in [0.2, 0.25) is 0 Å². The standard InChI is InChI=1S/C18H34N2O2/c1-19(2,3)12-8-14-21-17-10-7-11-18(16-17)22-15-9-13-20(4,5)6/h7,10-11,16H,8-9,12-15H2,1-6H3/q+2. The van der Waals surface area contributed by atoms with Crippen molar-refractivity contribution in [2.24, 2.45) is 0 Å². The third-order valence-corrected chi connectivity index (χ3v) is 3.29. The molecule has 0 amide bonds. The molecule has 0 saturated heterocycles. The fourth-order valence-electron chi connectivity index (χ4n) is 2.11. The van der Waals surface area contributed by atoms with Crippen molar-refractivity contribution in [3.05, 3.63) is 24.3 Å². The zero-order chi connectivity index (χ0) is 16.6. The summed E-state index contributed by atoms with van der Waals surface area (Å²) in [4.78, 5) is 0. The second-order valence-corrected chi connectivity index (χ2v) is 7.91. The Morgan fingerprint density at radius 1 is 0.727 bits per heavy atom. The average molecular weight is 310 g/mol. The molecule has 126 valence electrons. The van der Waals surface area contributed by atoms with E-state index in [1.807, 2.05) is 24.3 Å². The summed E-state index contributed by atoms with van der Waals surface area (Å²) >= 11 is 0. The van der Waals surface area contributed by atoms with Gasteiger partial charge in [-0.25, -0.2) is 0 Å². The fraction of sp³-hybridized carbons (Fsp3) is 0.667. The molecule has 0 aliphatic rings. The highest BCUT2D eigenvalue weighted by atomic mass is 16.5. The molecule has 4 heteroatoms. The average Bonchev–Trinajstić information content (AvgIpc) is 2.38. The van der Waals surface area contributed by atoms with Gasteiger partial charge in [-0.2, -0.15) is 0 Å². The van der Waals surface area contributed by atoms with E-state index < -0.39 is 0 Å². The fourth-order valence-corrected chi connectivity index (χ4v) is 2.11. The highest BCUT2D eigenvalue weighted by molar-refractivity contribution is 5.32. The van der Waals surface area contributed by atoms with Gasteiger partial charge in [0.25, 0.3) is 0 Å². The molecule has 0 saturated carbocycles. The summed E-state index contributed by atoms with van der Waals surface area (Å²) in [5.41, 5.74) is 0. The molecule has 0 aliphatic carbocycles. The minimum Gasteiger partial charge on any atom is -0.493 e. The number of hydrogen-bond acceptors (Lipinski definition) is 2. The number of nitrogens with zero attached hydrogens (tertiary/aromatic N) is 2. The first-order chi connectivity index (χ1) is 10.2. The molecule has 0 aromatic heterocycles. The lowest BCUT2D eigenvalue weighted by Crippen LogP contribution is -2.36. The summed E-state index contributed by atoms with van der Waals surface area (Å²) < 4.78 is 13.6. The van der Waals surface area contributed by atoms with Crippen LogP contribution in [0.25, 0.3) is 0 Å². The molecular weight excluding hydrogens is 276 g/mol. The van der Waals surface area contributed by atoms with E-state index >= 15 is 0 Å². The van der Waals surface area contributed by atoms with Gasteiger partial charge >= 0.3 is 0 Å². The smallest absolute Gasteiger partial charge is 0.122 e. The maximum absolute atomic E-state index is 5.81. The van der Waals surface area contributed by atoms with Gasteiger partial charge in [-0.15, -0.1) is 0 Å². The lowest BCUT2D eigenvalue weighted by Gasteiger charge is -2.23. The van der Waals surface area contributed by atoms with Gasteiger partial charge in [-0.05, 0) is 12.1 Å². The summed E-state index contributed by atoms with van der Waals surface area (Å²) in [5, 5.41) is 0. The Hall–Kier alpha value is -1.26. The SMILES string of the molecule is C[N+](C)(C)CCCOc1cccc(OCCC[N+](C)(C)C)c1. The van der Waals surface area contributed by atoms with E-state index in [0.29, 0.717) is 0 Å². The molecule has 1 rings (SSSR count). The van der Waals surface area contributed by atoms with Crippen LogP contribution in [-0.4, -0.2) is 77.6 Å². The molecule has 22 heavy (non-hydrogen) atoms. The second kappa shape index (κ2) is 8.39. The van der Waals surface area contributed by atoms with Crippen LogP contribution in [0, 0.1) is 0 Å². The largest absolute Gasteiger partial charge is 0.493 e. The maximum atomic E-state index is 5.81. The van der Waals surface area contributed by atoms with Crippen molar-refractivity contribution >= 4 is 0 Å². The minimum absolute atomic E-state index is 0.750. The van der Waals surface area contributed by atoms with Crippen molar-refractivity contribution in [1.29, 1.82) is 0 Å². The van der Waals surface area contributed by atoms with Crippen LogP contribution in [0.5, 0.6) is 11.5 Å². The van der Waals surface area contributed by atoms with Gasteiger partial charge < -0.3 is 18.4 Å². The van der Waals surface area contributed by atoms with Gasteiger partial charge in [-0.1, -0.05) is 6.07 Å². The summed E-state index contributed by atoms with van der Waals surface area (Å²) in [6, 6.07) is 7.96. The third kappa shape index (κ3) is 9.64. The Bertz CT molecular complexity index is 396. The molecular formula is C18H34N2O2+2. The van der Waals surface area contributed by atoms with Crippen LogP contribution >= 0.6 is 0 Å². The molecule has 0 radical (unpaired) electrons. The number of hydrogen-bond donors (Lipinski definition) is 0. The van der Waals surface area contributed by atoms with E-state index in [-0.39, 0.29) is 0 Å². The highest BCUT2D eigenvalue weighted by Gasteiger charge is 2.07. The number of rotatable bonds is 10. The first kappa shape index (κ1) is 18.8. The molecule has 0 spiro atoms. The van der Waals surface area contributed by atoms with Crippen LogP contribution in [0.15, 0.2) is 24.3 Å². The van der Waals surface area contributed by atoms with E-state index in [1.165, 1.54) is 0 Å². The predicted octanol–water partition coefficient (Wildman–Crippen LogP) is 2.64. The molecule has 0 heterocycles. The number of benzene rings is 1. The molecule has 1 aromatic rings. The van der Waals surface area contributed by atoms with Crippen molar-refractivity contribution in [2.75, 3.05) is 68.6 Å². The third-order valence-electron chi connectivity index (χ3n) is 3.29. The van der Waals surface area contributed by atoms with Gasteiger partial charge in [0, 0.05) is 18.9 Å². The Kier molecular flexibility index (Phi) is 7.17. The monoisotopic (exact) mass is 310 g/mol. The number of ether oxygens (including phenoxy) is 2. The quantitative estimate of drug-likeness (QED) is 0.488. The van der Waals surface area contributed by atoms with Gasteiger partial charge in [0.2, 0.25) is 0 Å². The first-order valence-corrected chi connectivity index (χ1v) is 8.12. The van der Waals surface area contributed by atoms with Crippen LogP contribution in [0.4, 0.5) is 0 Å². The maximum Gasteiger partial charge on any atom is 0.122 e. The summed E-state index contributed by atoms with van der Waals surface area (Å²) in [6.07, 6.45) is 2.11. The second-order valence-electron chi connectivity index (χ2n) is 7.91. The van der Waals surface area contributed by atoms with Crippen molar-refractivity contribution in [3.8, 4) is 11.5 Å². The van der Waals surface area contributed by atoms with Crippen LogP contribution in [0.3, 0.4) is 0 Å². The lowest BCUT2D eigenvalue weighted by molar-refractivity contribution is -0.870. The summed E-state index contributed by atoms with van der Waals surface area (Å²) in [5.74, 6) is 1.79. The van der Waals surface area contributed by atoms with Crippen molar-refractivity contribution < 1.29 is 18.4 Å². The lowest BCUT2D eigenvalue weighted by atomic mass is 10.3. The molecule has 0 atom stereocenters. The normalized spacial score (nSPS) is 12.3. The van der Waals surface area contributed by atoms with E-state index in [2.05, 4.69) is 42.3 Å². The van der Waals surface area contributed by atoms with Crippen molar-refractivity contribution in [1.82, 2.24) is 0 Å². The van der Waals surface area contributed by atoms with E-state index in [0.717, 1.165) is 59.6 Å². The Balaban J connectivity index is 2.30. The number of quaternary nitrogens is 2. The predicted molar refractivity (Wildman–Crippen MR) is 92.5 cm³/mol. The summed E-state index contributed by atoms with van der Waals surface area (Å²) in [6.45, 7) is 3.73. The Morgan fingerprint density at radius 3 is 1.50 bits per heavy atom. The zero-order valence-corrected chi connectivity index (χ0v) is 15.3.